The summed E-state index contributed by atoms with van der Waals surface area (Å²) in [7, 11) is 0. The van der Waals surface area contributed by atoms with E-state index in [1.165, 1.54) is 19.3 Å². The molecule has 0 saturated heterocycles. The summed E-state index contributed by atoms with van der Waals surface area (Å²) in [5.41, 5.74) is 6.51. The van der Waals surface area contributed by atoms with Gasteiger partial charge in [-0.3, -0.25) is 0 Å². The Balaban J connectivity index is 2.20. The molecule has 1 saturated carbocycles. The van der Waals surface area contributed by atoms with Crippen molar-refractivity contribution < 1.29 is 0 Å². The van der Waals surface area contributed by atoms with Crippen molar-refractivity contribution in [3.05, 3.63) is 0 Å². The lowest BCUT2D eigenvalue weighted by molar-refractivity contribution is 0.369. The highest BCUT2D eigenvalue weighted by molar-refractivity contribution is 4.99. The minimum Gasteiger partial charge on any atom is -0.324 e. The van der Waals surface area contributed by atoms with Crippen molar-refractivity contribution in [2.24, 2.45) is 5.73 Å². The summed E-state index contributed by atoms with van der Waals surface area (Å²) in [6.45, 7) is 7.55. The van der Waals surface area contributed by atoms with Gasteiger partial charge in [0.15, 0.2) is 0 Å². The minimum absolute atomic E-state index is 0.0135. The smallest absolute Gasteiger partial charge is 0.0252 e. The van der Waals surface area contributed by atoms with E-state index in [4.69, 9.17) is 5.73 Å². The molecule has 1 atom stereocenters. The first-order chi connectivity index (χ1) is 5.47. The summed E-state index contributed by atoms with van der Waals surface area (Å²) in [4.78, 5) is 0. The second-order valence-electron chi connectivity index (χ2n) is 4.82. The maximum atomic E-state index is 6.10. The molecule has 1 unspecified atom stereocenters. The zero-order valence-electron chi connectivity index (χ0n) is 8.61. The largest absolute Gasteiger partial charge is 0.324 e. The van der Waals surface area contributed by atoms with Crippen LogP contribution in [0.3, 0.4) is 0 Å². The van der Waals surface area contributed by atoms with Gasteiger partial charge in [-0.05, 0) is 33.1 Å². The molecular weight excluding hydrogens is 148 g/mol. The van der Waals surface area contributed by atoms with Gasteiger partial charge in [-0.1, -0.05) is 13.3 Å². The number of hydrogen-bond acceptors (Lipinski definition) is 2. The fourth-order valence-corrected chi connectivity index (χ4v) is 1.44. The molecule has 12 heavy (non-hydrogen) atoms. The highest BCUT2D eigenvalue weighted by atomic mass is 15.0. The van der Waals surface area contributed by atoms with E-state index in [0.717, 1.165) is 13.0 Å². The van der Waals surface area contributed by atoms with Crippen LogP contribution in [0.4, 0.5) is 0 Å². The topological polar surface area (TPSA) is 38.0 Å². The Bertz CT molecular complexity index is 148. The van der Waals surface area contributed by atoms with Gasteiger partial charge in [0.25, 0.3) is 0 Å². The lowest BCUT2D eigenvalue weighted by Crippen LogP contribution is -2.48. The maximum absolute atomic E-state index is 6.10. The lowest BCUT2D eigenvalue weighted by Gasteiger charge is -2.26. The molecule has 0 aromatic rings. The molecule has 0 heterocycles. The molecule has 2 nitrogen and oxygen atoms in total. The molecule has 0 aliphatic heterocycles. The first-order valence-corrected chi connectivity index (χ1v) is 5.01. The van der Waals surface area contributed by atoms with Crippen LogP contribution < -0.4 is 11.1 Å². The number of nitrogens with two attached hydrogens (primary N) is 1. The summed E-state index contributed by atoms with van der Waals surface area (Å²) in [6, 6.07) is 0. The first kappa shape index (κ1) is 10.0. The van der Waals surface area contributed by atoms with Crippen LogP contribution in [0, 0.1) is 0 Å². The molecule has 2 heteroatoms. The van der Waals surface area contributed by atoms with Gasteiger partial charge in [-0.25, -0.2) is 0 Å². The van der Waals surface area contributed by atoms with Gasteiger partial charge in [0, 0.05) is 17.6 Å². The zero-order chi connectivity index (χ0) is 9.24. The summed E-state index contributed by atoms with van der Waals surface area (Å²) in [6.07, 6.45) is 4.91. The molecule has 1 rings (SSSR count). The van der Waals surface area contributed by atoms with E-state index < -0.39 is 0 Å². The molecule has 0 aromatic carbocycles. The molecule has 1 fully saturated rings. The molecule has 0 radical (unpaired) electrons. The molecule has 3 N–H and O–H groups in total. The Hall–Kier alpha value is -0.0800. The number of hydrogen-bond donors (Lipinski definition) is 2. The zero-order valence-corrected chi connectivity index (χ0v) is 8.61. The molecule has 1 aliphatic rings. The molecular formula is C10H22N2. The van der Waals surface area contributed by atoms with Crippen LogP contribution >= 0.6 is 0 Å². The predicted octanol–water partition coefficient (Wildman–Crippen LogP) is 1.65. The number of rotatable bonds is 5. The van der Waals surface area contributed by atoms with Crippen LogP contribution in [0.1, 0.15) is 46.5 Å². The summed E-state index contributed by atoms with van der Waals surface area (Å²) >= 11 is 0. The van der Waals surface area contributed by atoms with Crippen LogP contribution in [0.2, 0.25) is 0 Å². The van der Waals surface area contributed by atoms with Gasteiger partial charge in [-0.15, -0.1) is 0 Å². The SMILES string of the molecule is CCCC(C)(N)CNC1(C)CC1. The van der Waals surface area contributed by atoms with Gasteiger partial charge in [0.05, 0.1) is 0 Å². The first-order valence-electron chi connectivity index (χ1n) is 5.01. The van der Waals surface area contributed by atoms with E-state index in [2.05, 4.69) is 26.1 Å². The monoisotopic (exact) mass is 170 g/mol. The van der Waals surface area contributed by atoms with Gasteiger partial charge in [-0.2, -0.15) is 0 Å². The van der Waals surface area contributed by atoms with E-state index in [-0.39, 0.29) is 5.54 Å². The Morgan fingerprint density at radius 1 is 1.50 bits per heavy atom. The lowest BCUT2D eigenvalue weighted by atomic mass is 9.97. The molecule has 0 spiro atoms. The van der Waals surface area contributed by atoms with Crippen molar-refractivity contribution in [1.82, 2.24) is 5.32 Å². The van der Waals surface area contributed by atoms with E-state index >= 15 is 0 Å². The van der Waals surface area contributed by atoms with Crippen LogP contribution in [-0.4, -0.2) is 17.6 Å². The van der Waals surface area contributed by atoms with E-state index in [9.17, 15) is 0 Å². The number of nitrogens with one attached hydrogen (secondary N) is 1. The van der Waals surface area contributed by atoms with Crippen molar-refractivity contribution >= 4 is 0 Å². The molecule has 0 aromatic heterocycles. The molecule has 0 amide bonds. The Labute approximate surface area is 75.9 Å². The van der Waals surface area contributed by atoms with Crippen LogP contribution in [0.5, 0.6) is 0 Å². The summed E-state index contributed by atoms with van der Waals surface area (Å²) in [5, 5.41) is 3.53. The van der Waals surface area contributed by atoms with Crippen molar-refractivity contribution in [2.75, 3.05) is 6.54 Å². The second kappa shape index (κ2) is 3.35. The molecule has 0 bridgehead atoms. The highest BCUT2D eigenvalue weighted by Gasteiger charge is 2.37. The van der Waals surface area contributed by atoms with Gasteiger partial charge >= 0.3 is 0 Å². The fraction of sp³-hybridized carbons (Fsp3) is 1.00. The third kappa shape index (κ3) is 3.11. The molecule has 72 valence electrons. The van der Waals surface area contributed by atoms with Crippen molar-refractivity contribution in [3.8, 4) is 0 Å². The predicted molar refractivity (Wildman–Crippen MR) is 53.1 cm³/mol. The normalized spacial score (nSPS) is 25.0. The third-order valence-corrected chi connectivity index (χ3v) is 2.74. The van der Waals surface area contributed by atoms with Crippen molar-refractivity contribution in [3.63, 3.8) is 0 Å². The quantitative estimate of drug-likeness (QED) is 0.658. The van der Waals surface area contributed by atoms with Crippen LogP contribution in [0.25, 0.3) is 0 Å². The minimum atomic E-state index is -0.0135. The molecule has 1 aliphatic carbocycles. The Morgan fingerprint density at radius 2 is 2.08 bits per heavy atom. The van der Waals surface area contributed by atoms with Crippen molar-refractivity contribution in [1.29, 1.82) is 0 Å². The van der Waals surface area contributed by atoms with E-state index in [1.54, 1.807) is 0 Å². The Morgan fingerprint density at radius 3 is 2.50 bits per heavy atom. The highest BCUT2D eigenvalue weighted by Crippen LogP contribution is 2.34. The average molecular weight is 170 g/mol. The average Bonchev–Trinajstić information content (AvgIpc) is 2.66. The van der Waals surface area contributed by atoms with Crippen LogP contribution in [0.15, 0.2) is 0 Å². The summed E-state index contributed by atoms with van der Waals surface area (Å²) < 4.78 is 0. The van der Waals surface area contributed by atoms with Crippen molar-refractivity contribution in [2.45, 2.75) is 57.5 Å². The maximum Gasteiger partial charge on any atom is 0.0252 e. The standard InChI is InChI=1S/C10H22N2/c1-4-5-9(2,11)8-12-10(3)6-7-10/h12H,4-8,11H2,1-3H3. The van der Waals surface area contributed by atoms with Gasteiger partial charge < -0.3 is 11.1 Å². The van der Waals surface area contributed by atoms with E-state index in [0.29, 0.717) is 5.54 Å². The van der Waals surface area contributed by atoms with Gasteiger partial charge in [0.2, 0.25) is 0 Å². The van der Waals surface area contributed by atoms with Crippen LogP contribution in [-0.2, 0) is 0 Å². The Kier molecular flexibility index (Phi) is 2.79. The second-order valence-corrected chi connectivity index (χ2v) is 4.82. The van der Waals surface area contributed by atoms with E-state index in [1.807, 2.05) is 0 Å². The fourth-order valence-electron chi connectivity index (χ4n) is 1.44. The third-order valence-electron chi connectivity index (χ3n) is 2.74. The van der Waals surface area contributed by atoms with Gasteiger partial charge in [0.1, 0.15) is 0 Å². The summed E-state index contributed by atoms with van der Waals surface area (Å²) in [5.74, 6) is 0.